The van der Waals surface area contributed by atoms with Crippen LogP contribution in [0.25, 0.3) is 0 Å². The molecule has 0 fully saturated rings. The van der Waals surface area contributed by atoms with Crippen LogP contribution in [0.4, 0.5) is 0 Å². The number of ether oxygens (including phenoxy) is 1. The predicted octanol–water partition coefficient (Wildman–Crippen LogP) is -1.75. The summed E-state index contributed by atoms with van der Waals surface area (Å²) >= 11 is 0. The van der Waals surface area contributed by atoms with Crippen molar-refractivity contribution in [2.75, 3.05) is 13.7 Å². The maximum absolute atomic E-state index is 12.2. The van der Waals surface area contributed by atoms with Crippen molar-refractivity contribution in [2.45, 2.75) is 13.8 Å². The second kappa shape index (κ2) is 6.70. The number of aromatic nitrogens is 2. The number of amides is 1. The van der Waals surface area contributed by atoms with E-state index in [4.69, 9.17) is 16.4 Å². The summed E-state index contributed by atoms with van der Waals surface area (Å²) in [7, 11) is 2.89. The fourth-order valence-corrected chi connectivity index (χ4v) is 1.60. The first-order chi connectivity index (χ1) is 9.83. The lowest BCUT2D eigenvalue weighted by Gasteiger charge is -2.16. The van der Waals surface area contributed by atoms with Gasteiger partial charge < -0.3 is 10.6 Å². The van der Waals surface area contributed by atoms with Gasteiger partial charge in [-0.1, -0.05) is 0 Å². The number of nitrogens with zero attached hydrogens (tertiary/aromatic N) is 4. The Bertz CT molecular complexity index is 621. The first-order valence-electron chi connectivity index (χ1n) is 6.11. The molecular weight excluding hydrogens is 278 g/mol. The lowest BCUT2D eigenvalue weighted by molar-refractivity contribution is 0.0960. The Morgan fingerprint density at radius 1 is 1.57 bits per heavy atom. The summed E-state index contributed by atoms with van der Waals surface area (Å²) < 4.78 is 6.40. The van der Waals surface area contributed by atoms with E-state index in [2.05, 4.69) is 15.5 Å². The molecule has 1 aromatic rings. The highest BCUT2D eigenvalue weighted by Crippen LogP contribution is 2.18. The van der Waals surface area contributed by atoms with E-state index in [0.29, 0.717) is 0 Å². The topological polar surface area (TPSA) is 141 Å². The summed E-state index contributed by atoms with van der Waals surface area (Å²) in [4.78, 5) is 24.1. The number of carbonyl (C=O) groups is 1. The molecule has 0 saturated carbocycles. The zero-order chi connectivity index (χ0) is 16.2. The molecule has 0 unspecified atom stereocenters. The second-order valence-corrected chi connectivity index (χ2v) is 4.18. The summed E-state index contributed by atoms with van der Waals surface area (Å²) in [6.07, 6.45) is 0. The molecule has 1 heterocycles. The molecule has 1 rings (SSSR count). The Labute approximate surface area is 121 Å². The average molecular weight is 297 g/mol. The molecule has 1 amide bonds. The Morgan fingerprint density at radius 2 is 2.19 bits per heavy atom. The summed E-state index contributed by atoms with van der Waals surface area (Å²) in [6.45, 7) is 3.57. The lowest BCUT2D eigenvalue weighted by atomic mass is 10.2. The summed E-state index contributed by atoms with van der Waals surface area (Å²) in [5, 5.41) is 10.7. The number of nitrogens with one attached hydrogen (secondary N) is 1. The van der Waals surface area contributed by atoms with Gasteiger partial charge in [0.25, 0.3) is 11.5 Å². The largest absolute Gasteiger partial charge is 0.491 e. The van der Waals surface area contributed by atoms with Crippen LogP contribution in [0.3, 0.4) is 0 Å². The first kappa shape index (κ1) is 16.4. The van der Waals surface area contributed by atoms with Crippen LogP contribution >= 0.6 is 0 Å². The lowest BCUT2D eigenvalue weighted by Crippen LogP contribution is -2.47. The quantitative estimate of drug-likeness (QED) is 0.260. The third-order valence-electron chi connectivity index (χ3n) is 2.61. The third-order valence-corrected chi connectivity index (χ3v) is 2.61. The fourth-order valence-electron chi connectivity index (χ4n) is 1.60. The Balaban J connectivity index is 3.29. The predicted molar refractivity (Wildman–Crippen MR) is 76.4 cm³/mol. The molecule has 0 aliphatic carbocycles. The van der Waals surface area contributed by atoms with Crippen LogP contribution in [0.1, 0.15) is 23.0 Å². The van der Waals surface area contributed by atoms with Crippen LogP contribution in [0.15, 0.2) is 9.90 Å². The molecule has 0 bridgehead atoms. The van der Waals surface area contributed by atoms with Gasteiger partial charge >= 0.3 is 0 Å². The van der Waals surface area contributed by atoms with E-state index in [1.165, 1.54) is 14.1 Å². The molecule has 0 aromatic carbocycles. The molecular formula is C11H19N7O3. The van der Waals surface area contributed by atoms with Crippen LogP contribution in [0.2, 0.25) is 0 Å². The Hall–Kier alpha value is -2.62. The van der Waals surface area contributed by atoms with Crippen molar-refractivity contribution in [1.29, 1.82) is 0 Å². The Kier molecular flexibility index (Phi) is 5.24. The smallest absolute Gasteiger partial charge is 0.282 e. The van der Waals surface area contributed by atoms with Gasteiger partial charge in [0.2, 0.25) is 5.96 Å². The molecule has 0 aliphatic heterocycles. The van der Waals surface area contributed by atoms with Crippen LogP contribution in [0.5, 0.6) is 5.75 Å². The standard InChI is InChI=1S/C11H19N7O3/c1-5-21-8-6(2)10(20)18(4)16-7(8)9(19)14-11(15-12)17(3)13/h5,12-13H2,1-4H3,(H,14,15,19). The molecule has 21 heavy (non-hydrogen) atoms. The van der Waals surface area contributed by atoms with Crippen molar-refractivity contribution in [3.05, 3.63) is 21.6 Å². The molecule has 1 aromatic heterocycles. The van der Waals surface area contributed by atoms with Crippen molar-refractivity contribution in [3.63, 3.8) is 0 Å². The molecule has 10 nitrogen and oxygen atoms in total. The van der Waals surface area contributed by atoms with E-state index in [1.807, 2.05) is 0 Å². The zero-order valence-corrected chi connectivity index (χ0v) is 12.4. The number of carbonyl (C=O) groups excluding carboxylic acids is 1. The highest BCUT2D eigenvalue weighted by molar-refractivity contribution is 6.05. The number of aryl methyl sites for hydroxylation is 1. The van der Waals surface area contributed by atoms with Gasteiger partial charge in [0.1, 0.15) is 0 Å². The maximum atomic E-state index is 12.2. The van der Waals surface area contributed by atoms with E-state index < -0.39 is 5.91 Å². The monoisotopic (exact) mass is 297 g/mol. The van der Waals surface area contributed by atoms with E-state index in [0.717, 1.165) is 9.69 Å². The number of rotatable bonds is 3. The summed E-state index contributed by atoms with van der Waals surface area (Å²) in [6, 6.07) is 0. The van der Waals surface area contributed by atoms with Crippen LogP contribution in [-0.2, 0) is 7.05 Å². The fraction of sp³-hybridized carbons (Fsp3) is 0.455. The molecule has 0 spiro atoms. The minimum absolute atomic E-state index is 0.0561. The van der Waals surface area contributed by atoms with Crippen molar-refractivity contribution >= 4 is 11.9 Å². The second-order valence-electron chi connectivity index (χ2n) is 4.18. The van der Waals surface area contributed by atoms with Crippen molar-refractivity contribution in [2.24, 2.45) is 23.8 Å². The molecule has 0 aliphatic rings. The van der Waals surface area contributed by atoms with Crippen LogP contribution in [0, 0.1) is 6.92 Å². The minimum atomic E-state index is -0.640. The molecule has 10 heteroatoms. The number of guanidine groups is 1. The SMILES string of the molecule is CCOc1c(C(=O)N/C(=N/N)N(C)N)nn(C)c(=O)c1C. The van der Waals surface area contributed by atoms with Crippen molar-refractivity contribution in [3.8, 4) is 5.75 Å². The molecule has 0 radical (unpaired) electrons. The highest BCUT2D eigenvalue weighted by atomic mass is 16.5. The van der Waals surface area contributed by atoms with Gasteiger partial charge in [-0.2, -0.15) is 5.10 Å². The van der Waals surface area contributed by atoms with Gasteiger partial charge in [-0.15, -0.1) is 5.10 Å². The number of hydrogen-bond donors (Lipinski definition) is 3. The number of nitrogens with two attached hydrogens (primary N) is 2. The van der Waals surface area contributed by atoms with E-state index in [1.54, 1.807) is 13.8 Å². The molecule has 0 atom stereocenters. The van der Waals surface area contributed by atoms with Gasteiger partial charge in [0.15, 0.2) is 11.4 Å². The van der Waals surface area contributed by atoms with Crippen molar-refractivity contribution in [1.82, 2.24) is 20.1 Å². The molecule has 5 N–H and O–H groups in total. The van der Waals surface area contributed by atoms with Gasteiger partial charge in [-0.05, 0) is 13.8 Å². The number of hydrogen-bond acceptors (Lipinski definition) is 7. The van der Waals surface area contributed by atoms with E-state index in [9.17, 15) is 9.59 Å². The summed E-state index contributed by atoms with van der Waals surface area (Å²) in [5.74, 6) is 10.0. The Morgan fingerprint density at radius 3 is 2.67 bits per heavy atom. The third kappa shape index (κ3) is 3.48. The number of hydrazone groups is 1. The summed E-state index contributed by atoms with van der Waals surface area (Å²) in [5.41, 5.74) is -0.120. The van der Waals surface area contributed by atoms with E-state index >= 15 is 0 Å². The van der Waals surface area contributed by atoms with Crippen LogP contribution < -0.4 is 27.3 Å². The van der Waals surface area contributed by atoms with Gasteiger partial charge in [0, 0.05) is 14.1 Å². The van der Waals surface area contributed by atoms with E-state index in [-0.39, 0.29) is 35.1 Å². The normalized spacial score (nSPS) is 11.2. The zero-order valence-electron chi connectivity index (χ0n) is 12.4. The minimum Gasteiger partial charge on any atom is -0.491 e. The van der Waals surface area contributed by atoms with Gasteiger partial charge in [-0.25, -0.2) is 10.5 Å². The van der Waals surface area contributed by atoms with Gasteiger partial charge in [0.05, 0.1) is 12.2 Å². The van der Waals surface area contributed by atoms with Gasteiger partial charge in [-0.3, -0.25) is 19.9 Å². The first-order valence-corrected chi connectivity index (χ1v) is 6.11. The van der Waals surface area contributed by atoms with Crippen LogP contribution in [-0.4, -0.2) is 40.3 Å². The number of hydrazine groups is 1. The molecule has 116 valence electrons. The highest BCUT2D eigenvalue weighted by Gasteiger charge is 2.22. The van der Waals surface area contributed by atoms with Crippen molar-refractivity contribution < 1.29 is 9.53 Å². The maximum Gasteiger partial charge on any atom is 0.282 e. The average Bonchev–Trinajstić information content (AvgIpc) is 2.44. The molecule has 0 saturated heterocycles.